The Morgan fingerprint density at radius 1 is 0.429 bits per heavy atom. The summed E-state index contributed by atoms with van der Waals surface area (Å²) in [5.74, 6) is 1.67. The number of phenolic OH excluding ortho intramolecular Hbond substituents is 7. The minimum atomic E-state index is -1.11. The summed E-state index contributed by atoms with van der Waals surface area (Å²) >= 11 is 5.46. The van der Waals surface area contributed by atoms with Crippen molar-refractivity contribution in [3.63, 3.8) is 0 Å². The number of para-hydroxylation sites is 6. The lowest BCUT2D eigenvalue weighted by molar-refractivity contribution is 0.0693. The second kappa shape index (κ2) is 34.0. The molecule has 0 amide bonds. The lowest BCUT2D eigenvalue weighted by Gasteiger charge is -2.07. The predicted molar refractivity (Wildman–Crippen MR) is 310 cm³/mol. The molecule has 0 saturated carbocycles. The number of phenols is 8. The molecule has 10 aromatic rings. The molecule has 12 heteroatoms. The van der Waals surface area contributed by atoms with Gasteiger partial charge in [0, 0.05) is 10.9 Å². The van der Waals surface area contributed by atoms with Crippen molar-refractivity contribution in [2.24, 2.45) is 0 Å². The zero-order valence-electron chi connectivity index (χ0n) is 43.4. The zero-order chi connectivity index (χ0) is 56.5. The van der Waals surface area contributed by atoms with Gasteiger partial charge in [0.1, 0.15) is 45.8 Å². The third-order valence-electron chi connectivity index (χ3n) is 10.4. The average Bonchev–Trinajstić information content (AvgIpc) is 3.42. The first-order valence-corrected chi connectivity index (χ1v) is 24.4. The summed E-state index contributed by atoms with van der Waals surface area (Å²) in [6, 6.07) is 71.5. The van der Waals surface area contributed by atoms with E-state index in [1.807, 2.05) is 129 Å². The number of carboxylic acid groups (broad SMARTS) is 1. The molecule has 10 rings (SSSR count). The van der Waals surface area contributed by atoms with Gasteiger partial charge in [-0.3, -0.25) is 0 Å². The minimum Gasteiger partial charge on any atom is -0.508 e. The number of halogens is 1. The number of aromatic hydroxyl groups is 8. The normalized spacial score (nSPS) is 9.55. The van der Waals surface area contributed by atoms with Gasteiger partial charge in [-0.25, -0.2) is 4.79 Å². The number of rotatable bonds is 4. The Morgan fingerprint density at radius 2 is 0.909 bits per heavy atom. The highest BCUT2D eigenvalue weighted by Crippen LogP contribution is 2.29. The van der Waals surface area contributed by atoms with E-state index in [4.69, 9.17) is 47.0 Å². The first-order chi connectivity index (χ1) is 36.9. The summed E-state index contributed by atoms with van der Waals surface area (Å²) in [7, 11) is 1.52. The molecule has 77 heavy (non-hydrogen) atoms. The number of hydrogen-bond donors (Lipinski definition) is 9. The molecule has 398 valence electrons. The van der Waals surface area contributed by atoms with Gasteiger partial charge in [-0.2, -0.15) is 0 Å². The molecule has 0 spiro atoms. The second-order valence-electron chi connectivity index (χ2n) is 16.7. The number of methoxy groups -OCH3 is 1. The Kier molecular flexibility index (Phi) is 27.3. The molecule has 0 bridgehead atoms. The van der Waals surface area contributed by atoms with E-state index in [1.165, 1.54) is 19.2 Å². The second-order valence-corrected chi connectivity index (χ2v) is 17.1. The van der Waals surface area contributed by atoms with Gasteiger partial charge in [0.05, 0.1) is 12.1 Å². The maximum atomic E-state index is 10.3. The zero-order valence-corrected chi connectivity index (χ0v) is 44.1. The Hall–Kier alpha value is -9.58. The topological polar surface area (TPSA) is 208 Å². The molecular formula is C65H65ClO11. The third kappa shape index (κ3) is 23.4. The summed E-state index contributed by atoms with van der Waals surface area (Å²) in [5, 5.41) is 83.3. The Labute approximate surface area is 455 Å². The lowest BCUT2D eigenvalue weighted by atomic mass is 10.0. The highest BCUT2D eigenvalue weighted by Gasteiger charge is 2.06. The first-order valence-electron chi connectivity index (χ1n) is 24.0. The van der Waals surface area contributed by atoms with Crippen molar-refractivity contribution >= 4 is 28.3 Å². The van der Waals surface area contributed by atoms with E-state index in [-0.39, 0.29) is 22.8 Å². The Balaban J connectivity index is 0.000000233. The van der Waals surface area contributed by atoms with Crippen molar-refractivity contribution in [2.75, 3.05) is 7.11 Å². The molecule has 0 aliphatic heterocycles. The fourth-order valence-corrected chi connectivity index (χ4v) is 6.61. The minimum absolute atomic E-state index is 0.0671. The van der Waals surface area contributed by atoms with Crippen LogP contribution in [-0.4, -0.2) is 59.0 Å². The van der Waals surface area contributed by atoms with Crippen LogP contribution in [0.3, 0.4) is 0 Å². The molecule has 0 unspecified atom stereocenters. The number of aryl methyl sites for hydroxylation is 2. The van der Waals surface area contributed by atoms with E-state index in [2.05, 4.69) is 13.8 Å². The highest BCUT2D eigenvalue weighted by molar-refractivity contribution is 6.31. The molecule has 0 saturated heterocycles. The summed E-state index contributed by atoms with van der Waals surface area (Å²) < 4.78 is 4.79. The van der Waals surface area contributed by atoms with E-state index in [9.17, 15) is 20.1 Å². The SMILES string of the molecule is COc1ccccc1O.Cc1ccc(C(C)C)c(O)c1.Cc1cccc(O)c1.O=C(O)c1ccccc1O.Oc1cccc2ccccc12.Oc1ccccc1.Oc1ccccc1-c1ccccc1.Oc1ccccc1Cl. The molecule has 0 radical (unpaired) electrons. The standard InChI is InChI=1S/C12H10O.C10H8O.C10H14O.C7H6O3.C7H8O2.C7H8O.C6H5ClO.C6H6O/c13-12-9-5-4-8-11(12)10-6-2-1-3-7-10;11-10-7-3-5-8-4-1-2-6-9(8)10;1-7(2)9-5-4-8(3)6-10(9)11;8-6-4-2-1-3-5(6)7(9)10;1-9-7-5-3-2-4-6(7)8;1-6-3-2-4-7(8)5-6;7-5-3-1-2-4-6(5)8;7-6-4-2-1-3-5-6/h1-9,13H;1-7,11H;4-7,11H,1-3H3;1-4,8H,(H,9,10);2-5,8H,1H3;2-5,8H,1H3;1-4,8H;1-5,7H. The van der Waals surface area contributed by atoms with E-state index in [0.717, 1.165) is 38.6 Å². The van der Waals surface area contributed by atoms with E-state index >= 15 is 0 Å². The van der Waals surface area contributed by atoms with Crippen molar-refractivity contribution in [1.82, 2.24) is 0 Å². The predicted octanol–water partition coefficient (Wildman–Crippen LogP) is 16.1. The molecule has 0 aromatic heterocycles. The fourth-order valence-electron chi connectivity index (χ4n) is 6.48. The summed E-state index contributed by atoms with van der Waals surface area (Å²) in [5.41, 5.74) is 5.07. The monoisotopic (exact) mass is 1060 g/mol. The maximum absolute atomic E-state index is 10.3. The molecule has 9 N–H and O–H groups in total. The van der Waals surface area contributed by atoms with Crippen LogP contribution < -0.4 is 4.74 Å². The molecule has 10 aromatic carbocycles. The highest BCUT2D eigenvalue weighted by atomic mass is 35.5. The van der Waals surface area contributed by atoms with Crippen LogP contribution >= 0.6 is 11.6 Å². The van der Waals surface area contributed by atoms with Gasteiger partial charge in [0.2, 0.25) is 0 Å². The fraction of sp³-hybridized carbons (Fsp3) is 0.0923. The van der Waals surface area contributed by atoms with Gasteiger partial charge in [-0.05, 0) is 126 Å². The summed E-state index contributed by atoms with van der Waals surface area (Å²) in [6.45, 7) is 8.07. The van der Waals surface area contributed by atoms with Crippen LogP contribution in [-0.2, 0) is 0 Å². The van der Waals surface area contributed by atoms with Crippen molar-refractivity contribution in [3.8, 4) is 62.9 Å². The van der Waals surface area contributed by atoms with Gasteiger partial charge in [0.25, 0.3) is 0 Å². The van der Waals surface area contributed by atoms with Gasteiger partial charge in [-0.1, -0.05) is 189 Å². The molecule has 0 aliphatic rings. The van der Waals surface area contributed by atoms with Crippen molar-refractivity contribution in [3.05, 3.63) is 270 Å². The van der Waals surface area contributed by atoms with Crippen LogP contribution in [0.15, 0.2) is 243 Å². The molecule has 0 atom stereocenters. The van der Waals surface area contributed by atoms with Crippen LogP contribution in [0, 0.1) is 13.8 Å². The number of fused-ring (bicyclic) bond motifs is 1. The largest absolute Gasteiger partial charge is 0.508 e. The van der Waals surface area contributed by atoms with Crippen LogP contribution in [0.1, 0.15) is 46.8 Å². The number of aromatic carboxylic acids is 1. The number of hydrogen-bond acceptors (Lipinski definition) is 10. The number of ether oxygens (including phenoxy) is 1. The lowest BCUT2D eigenvalue weighted by Crippen LogP contribution is -1.95. The summed E-state index contributed by atoms with van der Waals surface area (Å²) in [4.78, 5) is 10.3. The molecule has 0 heterocycles. The smallest absolute Gasteiger partial charge is 0.339 e. The quantitative estimate of drug-likeness (QED) is 0.0810. The van der Waals surface area contributed by atoms with Crippen molar-refractivity contribution in [2.45, 2.75) is 33.6 Å². The number of carbonyl (C=O) groups is 1. The van der Waals surface area contributed by atoms with Crippen LogP contribution in [0.25, 0.3) is 21.9 Å². The van der Waals surface area contributed by atoms with Gasteiger partial charge in [-0.15, -0.1) is 0 Å². The van der Waals surface area contributed by atoms with Crippen LogP contribution in [0.5, 0.6) is 51.7 Å². The van der Waals surface area contributed by atoms with E-state index in [0.29, 0.717) is 45.4 Å². The number of carboxylic acids is 1. The Morgan fingerprint density at radius 3 is 1.36 bits per heavy atom. The maximum Gasteiger partial charge on any atom is 0.339 e. The van der Waals surface area contributed by atoms with Crippen LogP contribution in [0.4, 0.5) is 0 Å². The first kappa shape index (κ1) is 61.7. The Bertz CT molecular complexity index is 3230. The molecule has 11 nitrogen and oxygen atoms in total. The van der Waals surface area contributed by atoms with Gasteiger partial charge >= 0.3 is 5.97 Å². The van der Waals surface area contributed by atoms with Crippen molar-refractivity contribution < 1.29 is 55.5 Å². The molecule has 0 fully saturated rings. The number of benzene rings is 10. The van der Waals surface area contributed by atoms with Crippen LogP contribution in [0.2, 0.25) is 5.02 Å². The van der Waals surface area contributed by atoms with Gasteiger partial charge in [0.15, 0.2) is 11.5 Å². The van der Waals surface area contributed by atoms with E-state index in [1.54, 1.807) is 115 Å². The molecular weight excluding hydrogens is 992 g/mol. The summed E-state index contributed by atoms with van der Waals surface area (Å²) in [6.07, 6.45) is 0. The van der Waals surface area contributed by atoms with Gasteiger partial charge < -0.3 is 50.7 Å². The average molecular weight is 1060 g/mol. The molecule has 0 aliphatic carbocycles. The van der Waals surface area contributed by atoms with E-state index < -0.39 is 5.97 Å². The van der Waals surface area contributed by atoms with Crippen molar-refractivity contribution in [1.29, 1.82) is 0 Å². The third-order valence-corrected chi connectivity index (χ3v) is 10.7.